The number of rotatable bonds is 4. The summed E-state index contributed by atoms with van der Waals surface area (Å²) in [7, 11) is 0. The molecule has 8 nitrogen and oxygen atoms in total. The Kier molecular flexibility index (Phi) is 4.06. The fourth-order valence-electron chi connectivity index (χ4n) is 1.77. The van der Waals surface area contributed by atoms with Gasteiger partial charge in [0, 0.05) is 6.07 Å². The van der Waals surface area contributed by atoms with E-state index in [1.165, 1.54) is 25.1 Å². The molecule has 0 bridgehead atoms. The van der Waals surface area contributed by atoms with Crippen LogP contribution in [0.5, 0.6) is 0 Å². The van der Waals surface area contributed by atoms with Crippen molar-refractivity contribution in [3.05, 3.63) is 39.9 Å². The first-order valence-corrected chi connectivity index (χ1v) is 6.11. The number of benzene rings is 1. The minimum atomic E-state index is -1.11. The average molecular weight is 295 g/mol. The monoisotopic (exact) mass is 295 g/mol. The summed E-state index contributed by atoms with van der Waals surface area (Å²) in [5.41, 5.74) is -0.952. The third kappa shape index (κ3) is 3.28. The van der Waals surface area contributed by atoms with Crippen molar-refractivity contribution < 1.29 is 28.7 Å². The van der Waals surface area contributed by atoms with Crippen LogP contribution in [-0.4, -0.2) is 30.3 Å². The van der Waals surface area contributed by atoms with Gasteiger partial charge in [0.2, 0.25) is 0 Å². The first kappa shape index (κ1) is 14.8. The maximum absolute atomic E-state index is 12.0. The molecule has 8 heteroatoms. The van der Waals surface area contributed by atoms with E-state index in [0.717, 1.165) is 0 Å². The quantitative estimate of drug-likeness (QED) is 0.473. The highest BCUT2D eigenvalue weighted by molar-refractivity contribution is 5.78. The van der Waals surface area contributed by atoms with Crippen LogP contribution < -0.4 is 0 Å². The van der Waals surface area contributed by atoms with Crippen LogP contribution in [0.4, 0.5) is 10.5 Å². The summed E-state index contributed by atoms with van der Waals surface area (Å²) in [5, 5.41) is 10.9. The van der Waals surface area contributed by atoms with E-state index in [4.69, 9.17) is 4.74 Å². The van der Waals surface area contributed by atoms with E-state index < -0.39 is 22.5 Å². The van der Waals surface area contributed by atoms with Crippen LogP contribution in [-0.2, 0) is 25.6 Å². The summed E-state index contributed by atoms with van der Waals surface area (Å²) in [6.45, 7) is 0.990. The van der Waals surface area contributed by atoms with Gasteiger partial charge in [0.1, 0.15) is 25.2 Å². The van der Waals surface area contributed by atoms with Crippen molar-refractivity contribution in [1.82, 2.24) is 0 Å². The molecule has 21 heavy (non-hydrogen) atoms. The highest BCUT2D eigenvalue weighted by Gasteiger charge is 2.42. The lowest BCUT2D eigenvalue weighted by molar-refractivity contribution is -0.385. The maximum atomic E-state index is 12.0. The van der Waals surface area contributed by atoms with E-state index in [0.29, 0.717) is 0 Å². The normalized spacial score (nSPS) is 16.5. The van der Waals surface area contributed by atoms with Crippen LogP contribution in [0.15, 0.2) is 24.3 Å². The van der Waals surface area contributed by atoms with Crippen LogP contribution in [0.3, 0.4) is 0 Å². The van der Waals surface area contributed by atoms with Crippen LogP contribution in [0.1, 0.15) is 12.5 Å². The molecule has 0 saturated carbocycles. The molecule has 1 fully saturated rings. The molecule has 2 rings (SSSR count). The van der Waals surface area contributed by atoms with Gasteiger partial charge in [-0.05, 0) is 13.0 Å². The van der Waals surface area contributed by atoms with E-state index in [9.17, 15) is 19.7 Å². The van der Waals surface area contributed by atoms with Gasteiger partial charge in [-0.25, -0.2) is 4.79 Å². The van der Waals surface area contributed by atoms with Crippen LogP contribution >= 0.6 is 0 Å². The van der Waals surface area contributed by atoms with Gasteiger partial charge in [0.05, 0.1) is 10.5 Å². The number of nitrogens with zero attached hydrogens (tertiary/aromatic N) is 1. The van der Waals surface area contributed by atoms with Crippen molar-refractivity contribution in [1.29, 1.82) is 0 Å². The van der Waals surface area contributed by atoms with Crippen molar-refractivity contribution in [3.8, 4) is 0 Å². The van der Waals surface area contributed by atoms with Crippen LogP contribution in [0.2, 0.25) is 0 Å². The highest BCUT2D eigenvalue weighted by atomic mass is 16.7. The third-order valence-corrected chi connectivity index (χ3v) is 3.06. The van der Waals surface area contributed by atoms with Crippen molar-refractivity contribution in [3.63, 3.8) is 0 Å². The Hall–Kier alpha value is -2.64. The zero-order valence-corrected chi connectivity index (χ0v) is 11.2. The van der Waals surface area contributed by atoms with Gasteiger partial charge in [0.25, 0.3) is 5.69 Å². The van der Waals surface area contributed by atoms with Gasteiger partial charge in [-0.1, -0.05) is 12.1 Å². The maximum Gasteiger partial charge on any atom is 0.508 e. The Labute approximate surface area is 119 Å². The van der Waals surface area contributed by atoms with Crippen LogP contribution in [0.25, 0.3) is 0 Å². The first-order valence-electron chi connectivity index (χ1n) is 6.11. The number of cyclic esters (lactones) is 2. The van der Waals surface area contributed by atoms with E-state index in [1.54, 1.807) is 6.07 Å². The average Bonchev–Trinajstić information content (AvgIpc) is 2.48. The number of esters is 1. The number of para-hydroxylation sites is 1. The van der Waals surface area contributed by atoms with Gasteiger partial charge in [-0.2, -0.15) is 0 Å². The summed E-state index contributed by atoms with van der Waals surface area (Å²) in [6.07, 6.45) is -0.834. The number of nitro benzene ring substituents is 1. The number of carbonyl (C=O) groups is 2. The fourth-order valence-corrected chi connectivity index (χ4v) is 1.77. The van der Waals surface area contributed by atoms with Gasteiger partial charge < -0.3 is 14.2 Å². The molecule has 0 radical (unpaired) electrons. The number of hydrogen-bond acceptors (Lipinski definition) is 7. The molecular weight excluding hydrogens is 282 g/mol. The van der Waals surface area contributed by atoms with E-state index in [1.807, 2.05) is 0 Å². The molecule has 1 aromatic rings. The number of hydrogen-bond donors (Lipinski definition) is 0. The molecule has 0 unspecified atom stereocenters. The Morgan fingerprint density at radius 2 is 2.00 bits per heavy atom. The molecule has 112 valence electrons. The molecule has 1 aromatic carbocycles. The Balaban J connectivity index is 2.01. The summed E-state index contributed by atoms with van der Waals surface area (Å²) >= 11 is 0. The Morgan fingerprint density at radius 3 is 2.62 bits per heavy atom. The lowest BCUT2D eigenvalue weighted by Gasteiger charge is -2.29. The van der Waals surface area contributed by atoms with E-state index in [-0.39, 0.29) is 31.1 Å². The molecule has 1 heterocycles. The second kappa shape index (κ2) is 5.78. The van der Waals surface area contributed by atoms with Gasteiger partial charge in [-0.15, -0.1) is 0 Å². The second-order valence-corrected chi connectivity index (χ2v) is 4.85. The summed E-state index contributed by atoms with van der Waals surface area (Å²) < 4.78 is 14.4. The van der Waals surface area contributed by atoms with Gasteiger partial charge in [0.15, 0.2) is 0 Å². The smallest absolute Gasteiger partial charge is 0.460 e. The zero-order valence-electron chi connectivity index (χ0n) is 11.2. The van der Waals surface area contributed by atoms with Crippen molar-refractivity contribution in [2.24, 2.45) is 5.41 Å². The van der Waals surface area contributed by atoms with Crippen LogP contribution in [0, 0.1) is 15.5 Å². The summed E-state index contributed by atoms with van der Waals surface area (Å²) in [4.78, 5) is 33.1. The molecule has 0 amide bonds. The summed E-state index contributed by atoms with van der Waals surface area (Å²) in [6, 6.07) is 5.98. The number of nitro groups is 1. The molecule has 0 aliphatic carbocycles. The second-order valence-electron chi connectivity index (χ2n) is 4.85. The number of carbonyl (C=O) groups excluding carboxylic acids is 2. The lowest BCUT2D eigenvalue weighted by atomic mass is 9.92. The largest absolute Gasteiger partial charge is 0.508 e. The predicted octanol–water partition coefficient (Wildman–Crippen LogP) is 1.81. The molecule has 1 aliphatic rings. The minimum absolute atomic E-state index is 0.123. The molecule has 1 aliphatic heterocycles. The molecule has 0 spiro atoms. The van der Waals surface area contributed by atoms with Crippen molar-refractivity contribution in [2.75, 3.05) is 13.2 Å². The molecule has 0 aromatic heterocycles. The van der Waals surface area contributed by atoms with E-state index >= 15 is 0 Å². The standard InChI is InChI=1S/C13H13NO7/c1-13(7-20-12(16)21-8-13)11(15)19-6-9-4-2-3-5-10(9)14(17)18/h2-5H,6-8H2,1H3. The van der Waals surface area contributed by atoms with Crippen molar-refractivity contribution in [2.45, 2.75) is 13.5 Å². The summed E-state index contributed by atoms with van der Waals surface area (Å²) in [5.74, 6) is -0.645. The Morgan fingerprint density at radius 1 is 1.38 bits per heavy atom. The van der Waals surface area contributed by atoms with Gasteiger partial charge in [-0.3, -0.25) is 14.9 Å². The minimum Gasteiger partial charge on any atom is -0.460 e. The molecular formula is C13H13NO7. The zero-order chi connectivity index (χ0) is 15.5. The molecule has 0 N–H and O–H groups in total. The van der Waals surface area contributed by atoms with Gasteiger partial charge >= 0.3 is 12.1 Å². The van der Waals surface area contributed by atoms with E-state index in [2.05, 4.69) is 9.47 Å². The lowest BCUT2D eigenvalue weighted by Crippen LogP contribution is -2.44. The highest BCUT2D eigenvalue weighted by Crippen LogP contribution is 2.26. The SMILES string of the molecule is CC1(C(=O)OCc2ccccc2[N+](=O)[O-])COC(=O)OC1. The number of ether oxygens (including phenoxy) is 3. The third-order valence-electron chi connectivity index (χ3n) is 3.06. The predicted molar refractivity (Wildman–Crippen MR) is 68.3 cm³/mol. The molecule has 1 saturated heterocycles. The molecule has 0 atom stereocenters. The first-order chi connectivity index (χ1) is 9.92. The Bertz CT molecular complexity index is 574. The fraction of sp³-hybridized carbons (Fsp3) is 0.385. The topological polar surface area (TPSA) is 105 Å². The van der Waals surface area contributed by atoms with Crippen molar-refractivity contribution >= 4 is 17.8 Å².